The minimum atomic E-state index is 0.0376. The van der Waals surface area contributed by atoms with E-state index >= 15 is 0 Å². The second kappa shape index (κ2) is 7.53. The van der Waals surface area contributed by atoms with E-state index in [2.05, 4.69) is 15.2 Å². The number of carbonyl (C=O) groups is 1. The molecule has 3 aromatic rings. The number of amides is 1. The fourth-order valence-corrected chi connectivity index (χ4v) is 3.21. The summed E-state index contributed by atoms with van der Waals surface area (Å²) in [6, 6.07) is 11.7. The number of aromatic nitrogens is 3. The van der Waals surface area contributed by atoms with Gasteiger partial charge in [-0.2, -0.15) is 0 Å². The van der Waals surface area contributed by atoms with Crippen LogP contribution in [0.25, 0.3) is 5.69 Å². The predicted octanol–water partition coefficient (Wildman–Crippen LogP) is 2.21. The van der Waals surface area contributed by atoms with Crippen LogP contribution in [0.15, 0.2) is 59.5 Å². The molecular weight excluding hydrogens is 330 g/mol. The van der Waals surface area contributed by atoms with Crippen LogP contribution < -0.4 is 0 Å². The number of rotatable bonds is 4. The van der Waals surface area contributed by atoms with Gasteiger partial charge in [0.2, 0.25) is 0 Å². The smallest absolute Gasteiger partial charge is 0.257 e. The summed E-state index contributed by atoms with van der Waals surface area (Å²) < 4.78 is 6.81. The van der Waals surface area contributed by atoms with Crippen molar-refractivity contribution >= 4 is 5.91 Å². The largest absolute Gasteiger partial charge is 0.472 e. The molecule has 1 aliphatic heterocycles. The first-order valence-corrected chi connectivity index (χ1v) is 8.80. The van der Waals surface area contributed by atoms with Crippen LogP contribution in [0.3, 0.4) is 0 Å². The molecule has 0 aliphatic carbocycles. The number of furan rings is 1. The monoisotopic (exact) mass is 351 g/mol. The molecule has 1 fully saturated rings. The fraction of sp³-hybridized carbons (Fsp3) is 0.316. The molecule has 7 heteroatoms. The van der Waals surface area contributed by atoms with E-state index in [1.807, 2.05) is 41.4 Å². The van der Waals surface area contributed by atoms with Crippen molar-refractivity contribution in [2.45, 2.75) is 13.0 Å². The molecule has 1 aromatic carbocycles. The highest BCUT2D eigenvalue weighted by Gasteiger charge is 2.21. The summed E-state index contributed by atoms with van der Waals surface area (Å²) in [5, 5.41) is 8.51. The zero-order valence-electron chi connectivity index (χ0n) is 14.5. The standard InChI is InChI=1S/C19H21N5O2/c25-19(16-7-12-26-15-16)23-9-4-8-22(10-11-23)13-17-14-24(21-20-17)18-5-2-1-3-6-18/h1-3,5-7,12,14-15H,4,8-11,13H2. The third kappa shape index (κ3) is 3.67. The predicted molar refractivity (Wildman–Crippen MR) is 95.9 cm³/mol. The lowest BCUT2D eigenvalue weighted by Gasteiger charge is -2.20. The summed E-state index contributed by atoms with van der Waals surface area (Å²) in [4.78, 5) is 16.7. The number of nitrogens with zero attached hydrogens (tertiary/aromatic N) is 5. The normalized spacial score (nSPS) is 15.8. The average molecular weight is 351 g/mol. The molecule has 0 unspecified atom stereocenters. The summed E-state index contributed by atoms with van der Waals surface area (Å²) >= 11 is 0. The van der Waals surface area contributed by atoms with Gasteiger partial charge in [-0.1, -0.05) is 23.4 Å². The van der Waals surface area contributed by atoms with Gasteiger partial charge >= 0.3 is 0 Å². The lowest BCUT2D eigenvalue weighted by molar-refractivity contribution is 0.0760. The zero-order valence-corrected chi connectivity index (χ0v) is 14.5. The van der Waals surface area contributed by atoms with Crippen LogP contribution in [-0.4, -0.2) is 56.9 Å². The third-order valence-corrected chi connectivity index (χ3v) is 4.59. The van der Waals surface area contributed by atoms with Crippen molar-refractivity contribution in [3.63, 3.8) is 0 Å². The Morgan fingerprint density at radius 1 is 1.08 bits per heavy atom. The first-order chi connectivity index (χ1) is 12.8. The summed E-state index contributed by atoms with van der Waals surface area (Å²) in [6.45, 7) is 3.96. The molecule has 0 N–H and O–H groups in total. The van der Waals surface area contributed by atoms with Crippen LogP contribution in [-0.2, 0) is 6.54 Å². The van der Waals surface area contributed by atoms with Crippen molar-refractivity contribution in [1.29, 1.82) is 0 Å². The van der Waals surface area contributed by atoms with Gasteiger partial charge in [0.05, 0.1) is 29.4 Å². The van der Waals surface area contributed by atoms with E-state index in [1.165, 1.54) is 12.5 Å². The Hall–Kier alpha value is -2.93. The lowest BCUT2D eigenvalue weighted by atomic mass is 10.3. The molecule has 2 aromatic heterocycles. The van der Waals surface area contributed by atoms with Crippen molar-refractivity contribution in [1.82, 2.24) is 24.8 Å². The van der Waals surface area contributed by atoms with Gasteiger partial charge < -0.3 is 9.32 Å². The van der Waals surface area contributed by atoms with Crippen LogP contribution in [0.5, 0.6) is 0 Å². The average Bonchev–Trinajstić information content (AvgIpc) is 3.31. The van der Waals surface area contributed by atoms with E-state index in [9.17, 15) is 4.79 Å². The molecule has 4 rings (SSSR count). The zero-order chi connectivity index (χ0) is 17.8. The van der Waals surface area contributed by atoms with Crippen LogP contribution in [0, 0.1) is 0 Å². The summed E-state index contributed by atoms with van der Waals surface area (Å²) in [6.07, 6.45) is 5.95. The van der Waals surface area contributed by atoms with Gasteiger partial charge in [-0.3, -0.25) is 9.69 Å². The maximum absolute atomic E-state index is 12.5. The number of benzene rings is 1. The van der Waals surface area contributed by atoms with Gasteiger partial charge in [-0.25, -0.2) is 4.68 Å². The molecule has 0 spiro atoms. The number of para-hydroxylation sites is 1. The van der Waals surface area contributed by atoms with Gasteiger partial charge in [0.1, 0.15) is 6.26 Å². The molecule has 26 heavy (non-hydrogen) atoms. The Morgan fingerprint density at radius 3 is 2.77 bits per heavy atom. The Labute approximate surface area is 151 Å². The van der Waals surface area contributed by atoms with Crippen LogP contribution in [0.1, 0.15) is 22.5 Å². The summed E-state index contributed by atoms with van der Waals surface area (Å²) in [5.74, 6) is 0.0376. The van der Waals surface area contributed by atoms with Crippen molar-refractivity contribution in [2.75, 3.05) is 26.2 Å². The van der Waals surface area contributed by atoms with E-state index in [0.717, 1.165) is 44.0 Å². The quantitative estimate of drug-likeness (QED) is 0.721. The minimum Gasteiger partial charge on any atom is -0.472 e. The van der Waals surface area contributed by atoms with Gasteiger partial charge in [0, 0.05) is 32.7 Å². The van der Waals surface area contributed by atoms with E-state index in [0.29, 0.717) is 12.1 Å². The number of hydrogen-bond donors (Lipinski definition) is 0. The molecule has 3 heterocycles. The number of carbonyl (C=O) groups excluding carboxylic acids is 1. The highest BCUT2D eigenvalue weighted by atomic mass is 16.3. The van der Waals surface area contributed by atoms with Crippen LogP contribution in [0.4, 0.5) is 0 Å². The highest BCUT2D eigenvalue weighted by Crippen LogP contribution is 2.12. The molecule has 1 amide bonds. The molecule has 0 saturated carbocycles. The Balaban J connectivity index is 1.36. The SMILES string of the molecule is O=C(c1ccoc1)N1CCCN(Cc2cn(-c3ccccc3)nn2)CC1. The second-order valence-corrected chi connectivity index (χ2v) is 6.42. The van der Waals surface area contributed by atoms with Gasteiger partial charge in [-0.05, 0) is 24.6 Å². The van der Waals surface area contributed by atoms with Crippen molar-refractivity contribution in [3.8, 4) is 5.69 Å². The maximum Gasteiger partial charge on any atom is 0.257 e. The maximum atomic E-state index is 12.5. The molecule has 0 atom stereocenters. The van der Waals surface area contributed by atoms with Gasteiger partial charge in [0.25, 0.3) is 5.91 Å². The Kier molecular flexibility index (Phi) is 4.79. The van der Waals surface area contributed by atoms with Crippen molar-refractivity contribution in [2.24, 2.45) is 0 Å². The highest BCUT2D eigenvalue weighted by molar-refractivity contribution is 5.93. The lowest BCUT2D eigenvalue weighted by Crippen LogP contribution is -2.34. The molecule has 1 aliphatic rings. The summed E-state index contributed by atoms with van der Waals surface area (Å²) in [7, 11) is 0. The van der Waals surface area contributed by atoms with E-state index in [-0.39, 0.29) is 5.91 Å². The molecule has 134 valence electrons. The third-order valence-electron chi connectivity index (χ3n) is 4.59. The molecule has 0 radical (unpaired) electrons. The fourth-order valence-electron chi connectivity index (χ4n) is 3.21. The molecular formula is C19H21N5O2. The molecule has 0 bridgehead atoms. The minimum absolute atomic E-state index is 0.0376. The molecule has 7 nitrogen and oxygen atoms in total. The van der Waals surface area contributed by atoms with E-state index in [4.69, 9.17) is 4.42 Å². The first kappa shape index (κ1) is 16.5. The van der Waals surface area contributed by atoms with E-state index < -0.39 is 0 Å². The van der Waals surface area contributed by atoms with Crippen LogP contribution >= 0.6 is 0 Å². The van der Waals surface area contributed by atoms with Crippen molar-refractivity contribution < 1.29 is 9.21 Å². The molecule has 1 saturated heterocycles. The first-order valence-electron chi connectivity index (χ1n) is 8.80. The van der Waals surface area contributed by atoms with Crippen molar-refractivity contribution in [3.05, 3.63) is 66.4 Å². The van der Waals surface area contributed by atoms with Crippen LogP contribution in [0.2, 0.25) is 0 Å². The van der Waals surface area contributed by atoms with Gasteiger partial charge in [0.15, 0.2) is 0 Å². The topological polar surface area (TPSA) is 67.4 Å². The Bertz CT molecular complexity index is 844. The summed E-state index contributed by atoms with van der Waals surface area (Å²) in [5.41, 5.74) is 2.55. The second-order valence-electron chi connectivity index (χ2n) is 6.42. The van der Waals surface area contributed by atoms with E-state index in [1.54, 1.807) is 10.7 Å². The van der Waals surface area contributed by atoms with Gasteiger partial charge in [-0.15, -0.1) is 5.10 Å². The Morgan fingerprint density at radius 2 is 1.96 bits per heavy atom. The number of hydrogen-bond acceptors (Lipinski definition) is 5.